The summed E-state index contributed by atoms with van der Waals surface area (Å²) in [4.78, 5) is 37.8. The number of aromatic amines is 1. The van der Waals surface area contributed by atoms with Crippen molar-refractivity contribution < 1.29 is 24.1 Å². The lowest BCUT2D eigenvalue weighted by Crippen LogP contribution is -2.33. The van der Waals surface area contributed by atoms with Gasteiger partial charge in [0, 0.05) is 12.6 Å². The van der Waals surface area contributed by atoms with Gasteiger partial charge in [-0.1, -0.05) is 5.92 Å². The number of methoxy groups -OCH3 is 1. The first-order chi connectivity index (χ1) is 13.4. The number of H-pyrrole nitrogens is 1. The minimum Gasteiger partial charge on any atom is -0.497 e. The van der Waals surface area contributed by atoms with E-state index >= 15 is 0 Å². The summed E-state index contributed by atoms with van der Waals surface area (Å²) < 4.78 is 16.9. The van der Waals surface area contributed by atoms with Crippen molar-refractivity contribution in [3.05, 3.63) is 62.4 Å². The first-order valence-corrected chi connectivity index (χ1v) is 8.39. The lowest BCUT2D eigenvalue weighted by molar-refractivity contribution is -0.0532. The van der Waals surface area contributed by atoms with Gasteiger partial charge in [0.2, 0.25) is 0 Å². The van der Waals surface area contributed by atoms with Crippen molar-refractivity contribution in [2.24, 2.45) is 0 Å². The second-order valence-corrected chi connectivity index (χ2v) is 6.11. The highest BCUT2D eigenvalue weighted by atomic mass is 16.6. The summed E-state index contributed by atoms with van der Waals surface area (Å²) in [6.07, 6.45) is 3.85. The van der Waals surface area contributed by atoms with E-state index in [4.69, 9.17) is 20.6 Å². The van der Waals surface area contributed by atoms with Gasteiger partial charge in [-0.2, -0.15) is 0 Å². The predicted octanol–water partition coefficient (Wildman–Crippen LogP) is 0.0319. The molecule has 0 radical (unpaired) electrons. The number of aliphatic hydroxyl groups excluding tert-OH is 1. The maximum absolute atomic E-state index is 12.1. The van der Waals surface area contributed by atoms with Crippen LogP contribution in [0.1, 0.15) is 28.6 Å². The smallest absolute Gasteiger partial charge is 0.338 e. The maximum Gasteiger partial charge on any atom is 0.338 e. The third kappa shape index (κ3) is 3.98. The lowest BCUT2D eigenvalue weighted by atomic mass is 10.2. The third-order valence-corrected chi connectivity index (χ3v) is 4.34. The Labute approximate surface area is 159 Å². The fourth-order valence-electron chi connectivity index (χ4n) is 2.81. The molecule has 1 aromatic carbocycles. The van der Waals surface area contributed by atoms with E-state index < -0.39 is 35.7 Å². The molecule has 1 aliphatic rings. The van der Waals surface area contributed by atoms with Crippen LogP contribution in [0.15, 0.2) is 40.1 Å². The van der Waals surface area contributed by atoms with Crippen LogP contribution < -0.4 is 16.0 Å². The zero-order valence-corrected chi connectivity index (χ0v) is 15.0. The molecule has 1 aromatic heterocycles. The van der Waals surface area contributed by atoms with Gasteiger partial charge in [0.1, 0.15) is 30.3 Å². The van der Waals surface area contributed by atoms with Crippen LogP contribution >= 0.6 is 0 Å². The minimum atomic E-state index is -0.971. The van der Waals surface area contributed by atoms with E-state index in [2.05, 4.69) is 10.9 Å². The average Bonchev–Trinajstić information content (AvgIpc) is 3.06. The summed E-state index contributed by atoms with van der Waals surface area (Å²) in [6, 6.07) is 6.35. The van der Waals surface area contributed by atoms with E-state index in [0.717, 1.165) is 4.57 Å². The van der Waals surface area contributed by atoms with E-state index in [0.29, 0.717) is 11.3 Å². The molecule has 146 valence electrons. The summed E-state index contributed by atoms with van der Waals surface area (Å²) in [6.45, 7) is -0.206. The number of nitrogens with one attached hydrogen (secondary N) is 1. The van der Waals surface area contributed by atoms with Crippen molar-refractivity contribution in [2.75, 3.05) is 13.7 Å². The molecular formula is C19H18N2O7. The van der Waals surface area contributed by atoms with Gasteiger partial charge >= 0.3 is 11.7 Å². The molecular weight excluding hydrogens is 368 g/mol. The predicted molar refractivity (Wildman–Crippen MR) is 97.1 cm³/mol. The van der Waals surface area contributed by atoms with Gasteiger partial charge < -0.3 is 19.3 Å². The number of benzene rings is 1. The summed E-state index contributed by atoms with van der Waals surface area (Å²) in [5.74, 6) is 2.19. The highest BCUT2D eigenvalue weighted by Gasteiger charge is 2.36. The van der Waals surface area contributed by atoms with Gasteiger partial charge in [-0.05, 0) is 24.3 Å². The van der Waals surface area contributed by atoms with Crippen molar-refractivity contribution in [2.45, 2.75) is 24.9 Å². The first-order valence-electron chi connectivity index (χ1n) is 8.39. The quantitative estimate of drug-likeness (QED) is 0.550. The Hall–Kier alpha value is -3.35. The highest BCUT2D eigenvalue weighted by molar-refractivity contribution is 5.89. The molecule has 3 rings (SSSR count). The molecule has 0 aliphatic carbocycles. The molecule has 1 saturated heterocycles. The van der Waals surface area contributed by atoms with Crippen LogP contribution in [0.3, 0.4) is 0 Å². The number of nitrogens with zero attached hydrogens (tertiary/aromatic N) is 1. The number of ether oxygens (including phenoxy) is 3. The number of aromatic nitrogens is 2. The molecule has 2 N–H and O–H groups in total. The van der Waals surface area contributed by atoms with Crippen LogP contribution in [0.5, 0.6) is 5.75 Å². The van der Waals surface area contributed by atoms with E-state index in [1.54, 1.807) is 24.3 Å². The van der Waals surface area contributed by atoms with E-state index in [9.17, 15) is 19.5 Å². The zero-order valence-electron chi connectivity index (χ0n) is 15.0. The van der Waals surface area contributed by atoms with Crippen LogP contribution in [0.2, 0.25) is 0 Å². The highest BCUT2D eigenvalue weighted by Crippen LogP contribution is 2.28. The summed E-state index contributed by atoms with van der Waals surface area (Å²) in [7, 11) is 1.52. The molecule has 2 heterocycles. The number of terminal acetylenes is 1. The van der Waals surface area contributed by atoms with Crippen LogP contribution in [0.4, 0.5) is 0 Å². The monoisotopic (exact) mass is 386 g/mol. The molecule has 0 amide bonds. The van der Waals surface area contributed by atoms with Gasteiger partial charge in [0.25, 0.3) is 5.56 Å². The Balaban J connectivity index is 1.66. The SMILES string of the molecule is C#Cc1cn([C@@H]2CC(O)[C@H](COC(=O)c3ccc(OC)cc3)O2)c(=O)[nH]c1=O. The van der Waals surface area contributed by atoms with Gasteiger partial charge in [-0.3, -0.25) is 14.3 Å². The molecule has 9 heteroatoms. The van der Waals surface area contributed by atoms with Crippen molar-refractivity contribution in [3.8, 4) is 18.1 Å². The Kier molecular flexibility index (Phi) is 5.63. The molecule has 1 fully saturated rings. The molecule has 0 bridgehead atoms. The van der Waals surface area contributed by atoms with Gasteiger partial charge in [-0.25, -0.2) is 9.59 Å². The lowest BCUT2D eigenvalue weighted by Gasteiger charge is -2.16. The largest absolute Gasteiger partial charge is 0.497 e. The normalized spacial score (nSPS) is 21.1. The van der Waals surface area contributed by atoms with Gasteiger partial charge in [0.05, 0.1) is 18.8 Å². The standard InChI is InChI=1S/C19H18N2O7/c1-3-11-9-21(19(25)20-17(11)23)16-8-14(22)15(28-16)10-27-18(24)12-4-6-13(26-2)7-5-12/h1,4-7,9,14-16,22H,8,10H2,2H3,(H,20,23,25)/t14?,15-,16-/m0/s1. The first kappa shape index (κ1) is 19.4. The Bertz CT molecular complexity index is 1020. The number of hydrogen-bond donors (Lipinski definition) is 2. The Morgan fingerprint density at radius 3 is 2.75 bits per heavy atom. The molecule has 0 spiro atoms. The van der Waals surface area contributed by atoms with Gasteiger partial charge in [-0.15, -0.1) is 6.42 Å². The molecule has 9 nitrogen and oxygen atoms in total. The van der Waals surface area contributed by atoms with Crippen molar-refractivity contribution >= 4 is 5.97 Å². The second kappa shape index (κ2) is 8.12. The van der Waals surface area contributed by atoms with Gasteiger partial charge in [0.15, 0.2) is 0 Å². The van der Waals surface area contributed by atoms with E-state index in [-0.39, 0.29) is 18.6 Å². The molecule has 0 saturated carbocycles. The third-order valence-electron chi connectivity index (χ3n) is 4.34. The van der Waals surface area contributed by atoms with Crippen molar-refractivity contribution in [3.63, 3.8) is 0 Å². The van der Waals surface area contributed by atoms with Crippen LogP contribution in [-0.2, 0) is 9.47 Å². The summed E-state index contributed by atoms with van der Waals surface area (Å²) in [5.41, 5.74) is -1.10. The Morgan fingerprint density at radius 2 is 2.11 bits per heavy atom. The summed E-state index contributed by atoms with van der Waals surface area (Å²) in [5, 5.41) is 10.2. The number of carbonyl (C=O) groups is 1. The molecule has 1 unspecified atom stereocenters. The van der Waals surface area contributed by atoms with Crippen molar-refractivity contribution in [1.29, 1.82) is 0 Å². The Morgan fingerprint density at radius 1 is 1.39 bits per heavy atom. The number of carbonyl (C=O) groups excluding carboxylic acids is 1. The molecule has 28 heavy (non-hydrogen) atoms. The zero-order chi connectivity index (χ0) is 20.3. The average molecular weight is 386 g/mol. The minimum absolute atomic E-state index is 0.0351. The van der Waals surface area contributed by atoms with E-state index in [1.807, 2.05) is 0 Å². The van der Waals surface area contributed by atoms with Crippen LogP contribution in [-0.4, -0.2) is 46.6 Å². The summed E-state index contributed by atoms with van der Waals surface area (Å²) >= 11 is 0. The number of hydrogen-bond acceptors (Lipinski definition) is 7. The second-order valence-electron chi connectivity index (χ2n) is 6.11. The maximum atomic E-state index is 12.1. The fourth-order valence-corrected chi connectivity index (χ4v) is 2.81. The molecule has 1 aliphatic heterocycles. The number of rotatable bonds is 5. The number of aliphatic hydroxyl groups is 1. The van der Waals surface area contributed by atoms with Crippen LogP contribution in [0, 0.1) is 12.3 Å². The molecule has 2 aromatic rings. The fraction of sp³-hybridized carbons (Fsp3) is 0.316. The number of esters is 1. The van der Waals surface area contributed by atoms with Crippen LogP contribution in [0.25, 0.3) is 0 Å². The molecule has 3 atom stereocenters. The van der Waals surface area contributed by atoms with E-state index in [1.165, 1.54) is 13.3 Å². The topological polar surface area (TPSA) is 120 Å². The van der Waals surface area contributed by atoms with Crippen molar-refractivity contribution in [1.82, 2.24) is 9.55 Å².